The zero-order valence-electron chi connectivity index (χ0n) is 9.92. The first-order valence-corrected chi connectivity index (χ1v) is 5.79. The lowest BCUT2D eigenvalue weighted by Crippen LogP contribution is -2.47. The van der Waals surface area contributed by atoms with Gasteiger partial charge in [-0.2, -0.15) is 0 Å². The molecule has 84 valence electrons. The Hall–Kier alpha value is -0.0800. The van der Waals surface area contributed by atoms with Crippen LogP contribution >= 0.6 is 0 Å². The van der Waals surface area contributed by atoms with E-state index in [1.54, 1.807) is 0 Å². The van der Waals surface area contributed by atoms with Gasteiger partial charge in [0, 0.05) is 0 Å². The van der Waals surface area contributed by atoms with Crippen molar-refractivity contribution in [1.82, 2.24) is 0 Å². The smallest absolute Gasteiger partial charge is 0.0908 e. The first-order chi connectivity index (χ1) is 6.46. The molecule has 14 heavy (non-hydrogen) atoms. The van der Waals surface area contributed by atoms with E-state index in [-0.39, 0.29) is 6.10 Å². The van der Waals surface area contributed by atoms with Crippen LogP contribution in [-0.4, -0.2) is 23.4 Å². The average molecular weight is 200 g/mol. The van der Waals surface area contributed by atoms with E-state index in [1.807, 2.05) is 13.8 Å². The van der Waals surface area contributed by atoms with Crippen LogP contribution < -0.4 is 0 Å². The molecule has 0 aromatic rings. The van der Waals surface area contributed by atoms with E-state index >= 15 is 0 Å². The number of rotatable bonds is 3. The van der Waals surface area contributed by atoms with Crippen LogP contribution in [0.25, 0.3) is 0 Å². The van der Waals surface area contributed by atoms with E-state index < -0.39 is 5.60 Å². The fourth-order valence-electron chi connectivity index (χ4n) is 2.25. The van der Waals surface area contributed by atoms with Crippen molar-refractivity contribution >= 4 is 0 Å². The maximum Gasteiger partial charge on any atom is 0.0908 e. The van der Waals surface area contributed by atoms with Crippen molar-refractivity contribution < 1.29 is 9.84 Å². The predicted molar refractivity (Wildman–Crippen MR) is 58.2 cm³/mol. The van der Waals surface area contributed by atoms with E-state index in [0.29, 0.717) is 18.4 Å². The summed E-state index contributed by atoms with van der Waals surface area (Å²) in [4.78, 5) is 0. The molecule has 1 rings (SSSR count). The van der Waals surface area contributed by atoms with Crippen molar-refractivity contribution in [3.8, 4) is 0 Å². The van der Waals surface area contributed by atoms with E-state index in [0.717, 1.165) is 12.8 Å². The van der Waals surface area contributed by atoms with Gasteiger partial charge in [-0.05, 0) is 32.1 Å². The van der Waals surface area contributed by atoms with E-state index in [2.05, 4.69) is 13.8 Å². The Morgan fingerprint density at radius 3 is 2.64 bits per heavy atom. The SMILES string of the molecule is CC(C)OCC1(O)CCCC(C)C1C. The highest BCUT2D eigenvalue weighted by atomic mass is 16.5. The van der Waals surface area contributed by atoms with Crippen LogP contribution in [0.4, 0.5) is 0 Å². The molecule has 0 saturated heterocycles. The molecule has 2 nitrogen and oxygen atoms in total. The van der Waals surface area contributed by atoms with Gasteiger partial charge in [0.15, 0.2) is 0 Å². The third-order valence-electron chi connectivity index (χ3n) is 3.64. The molecule has 0 radical (unpaired) electrons. The van der Waals surface area contributed by atoms with Crippen LogP contribution in [0.1, 0.15) is 47.0 Å². The molecule has 0 aromatic carbocycles. The Morgan fingerprint density at radius 2 is 2.07 bits per heavy atom. The summed E-state index contributed by atoms with van der Waals surface area (Å²) < 4.78 is 5.55. The standard InChI is InChI=1S/C12H24O2/c1-9(2)14-8-12(13)7-5-6-10(3)11(12)4/h9-11,13H,5-8H2,1-4H3. The summed E-state index contributed by atoms with van der Waals surface area (Å²) in [6, 6.07) is 0. The number of aliphatic hydroxyl groups is 1. The minimum absolute atomic E-state index is 0.212. The van der Waals surface area contributed by atoms with Crippen LogP contribution in [0.3, 0.4) is 0 Å². The van der Waals surface area contributed by atoms with Crippen LogP contribution in [-0.2, 0) is 4.74 Å². The van der Waals surface area contributed by atoms with Crippen molar-refractivity contribution in [3.05, 3.63) is 0 Å². The van der Waals surface area contributed by atoms with Gasteiger partial charge in [-0.3, -0.25) is 0 Å². The molecule has 1 aliphatic rings. The largest absolute Gasteiger partial charge is 0.387 e. The minimum atomic E-state index is -0.581. The van der Waals surface area contributed by atoms with E-state index in [1.165, 1.54) is 6.42 Å². The molecule has 3 unspecified atom stereocenters. The van der Waals surface area contributed by atoms with Crippen LogP contribution in [0.2, 0.25) is 0 Å². The van der Waals surface area contributed by atoms with Crippen LogP contribution in [0.15, 0.2) is 0 Å². The summed E-state index contributed by atoms with van der Waals surface area (Å²) in [6.07, 6.45) is 3.48. The predicted octanol–water partition coefficient (Wildman–Crippen LogP) is 2.60. The Bertz CT molecular complexity index is 179. The highest BCUT2D eigenvalue weighted by Crippen LogP contribution is 2.37. The lowest BCUT2D eigenvalue weighted by atomic mass is 9.71. The number of hydrogen-bond acceptors (Lipinski definition) is 2. The summed E-state index contributed by atoms with van der Waals surface area (Å²) in [6.45, 7) is 8.90. The maximum atomic E-state index is 10.4. The van der Waals surface area contributed by atoms with Gasteiger partial charge in [0.05, 0.1) is 18.3 Å². The summed E-state index contributed by atoms with van der Waals surface area (Å²) in [5, 5.41) is 10.4. The Labute approximate surface area is 87.7 Å². The minimum Gasteiger partial charge on any atom is -0.387 e. The lowest BCUT2D eigenvalue weighted by Gasteiger charge is -2.42. The molecule has 0 aromatic heterocycles. The molecule has 0 spiro atoms. The first-order valence-electron chi connectivity index (χ1n) is 5.79. The zero-order valence-corrected chi connectivity index (χ0v) is 9.92. The van der Waals surface area contributed by atoms with Crippen molar-refractivity contribution in [2.45, 2.75) is 58.7 Å². The third kappa shape index (κ3) is 2.71. The molecule has 1 fully saturated rings. The van der Waals surface area contributed by atoms with Gasteiger partial charge in [0.25, 0.3) is 0 Å². The first kappa shape index (κ1) is 12.0. The monoisotopic (exact) mass is 200 g/mol. The Morgan fingerprint density at radius 1 is 1.43 bits per heavy atom. The molecule has 0 bridgehead atoms. The Kier molecular flexibility index (Phi) is 3.96. The van der Waals surface area contributed by atoms with Gasteiger partial charge in [-0.15, -0.1) is 0 Å². The van der Waals surface area contributed by atoms with Gasteiger partial charge in [-0.25, -0.2) is 0 Å². The van der Waals surface area contributed by atoms with Crippen molar-refractivity contribution in [1.29, 1.82) is 0 Å². The molecular weight excluding hydrogens is 176 g/mol. The third-order valence-corrected chi connectivity index (χ3v) is 3.64. The summed E-state index contributed by atoms with van der Waals surface area (Å²) in [7, 11) is 0. The van der Waals surface area contributed by atoms with Gasteiger partial charge < -0.3 is 9.84 Å². The fraction of sp³-hybridized carbons (Fsp3) is 1.00. The highest BCUT2D eigenvalue weighted by Gasteiger charge is 2.40. The van der Waals surface area contributed by atoms with Crippen LogP contribution in [0, 0.1) is 11.8 Å². The molecule has 3 atom stereocenters. The zero-order chi connectivity index (χ0) is 10.8. The second-order valence-corrected chi connectivity index (χ2v) is 5.12. The maximum absolute atomic E-state index is 10.4. The topological polar surface area (TPSA) is 29.5 Å². The molecule has 1 N–H and O–H groups in total. The van der Waals surface area contributed by atoms with Gasteiger partial charge in [0.2, 0.25) is 0 Å². The molecule has 0 aliphatic heterocycles. The summed E-state index contributed by atoms with van der Waals surface area (Å²) in [5.74, 6) is 0.972. The van der Waals surface area contributed by atoms with E-state index in [4.69, 9.17) is 4.74 Å². The second-order valence-electron chi connectivity index (χ2n) is 5.12. The van der Waals surface area contributed by atoms with E-state index in [9.17, 15) is 5.11 Å². The number of hydrogen-bond donors (Lipinski definition) is 1. The van der Waals surface area contributed by atoms with Crippen molar-refractivity contribution in [2.24, 2.45) is 11.8 Å². The molecule has 0 heterocycles. The molecule has 2 heteroatoms. The van der Waals surface area contributed by atoms with Crippen LogP contribution in [0.5, 0.6) is 0 Å². The summed E-state index contributed by atoms with van der Waals surface area (Å²) >= 11 is 0. The lowest BCUT2D eigenvalue weighted by molar-refractivity contribution is -0.125. The molecule has 0 amide bonds. The highest BCUT2D eigenvalue weighted by molar-refractivity contribution is 4.90. The average Bonchev–Trinajstić information content (AvgIpc) is 2.11. The van der Waals surface area contributed by atoms with Crippen molar-refractivity contribution in [2.75, 3.05) is 6.61 Å². The van der Waals surface area contributed by atoms with Gasteiger partial charge in [-0.1, -0.05) is 26.7 Å². The fourth-order valence-corrected chi connectivity index (χ4v) is 2.25. The molecule has 1 saturated carbocycles. The molecule has 1 aliphatic carbocycles. The van der Waals surface area contributed by atoms with Gasteiger partial charge >= 0.3 is 0 Å². The molecular formula is C12H24O2. The van der Waals surface area contributed by atoms with Crippen molar-refractivity contribution in [3.63, 3.8) is 0 Å². The second kappa shape index (κ2) is 4.63. The Balaban J connectivity index is 2.52. The van der Waals surface area contributed by atoms with Gasteiger partial charge in [0.1, 0.15) is 0 Å². The number of ether oxygens (including phenoxy) is 1. The summed E-state index contributed by atoms with van der Waals surface area (Å²) in [5.41, 5.74) is -0.581. The quantitative estimate of drug-likeness (QED) is 0.759. The normalized spacial score (nSPS) is 39.0.